The van der Waals surface area contributed by atoms with Gasteiger partial charge in [0.1, 0.15) is 0 Å². The molecule has 0 N–H and O–H groups in total. The van der Waals surface area contributed by atoms with Gasteiger partial charge >= 0.3 is 10.2 Å². The summed E-state index contributed by atoms with van der Waals surface area (Å²) in [6, 6.07) is 4.16. The number of sulfonamides is 1. The van der Waals surface area contributed by atoms with Gasteiger partial charge in [0.25, 0.3) is 0 Å². The van der Waals surface area contributed by atoms with Gasteiger partial charge in [-0.1, -0.05) is 13.8 Å². The summed E-state index contributed by atoms with van der Waals surface area (Å²) in [5, 5.41) is 0. The first-order valence-corrected chi connectivity index (χ1v) is 8.90. The average Bonchev–Trinajstić information content (AvgIpc) is 2.69. The highest BCUT2D eigenvalue weighted by Crippen LogP contribution is 2.32. The average molecular weight is 321 g/mol. The van der Waals surface area contributed by atoms with Crippen molar-refractivity contribution in [3.8, 4) is 0 Å². The number of benzene rings is 1. The normalized spacial score (nSPS) is 20.1. The van der Waals surface area contributed by atoms with E-state index in [-0.39, 0.29) is 10.3 Å². The van der Waals surface area contributed by atoms with Crippen LogP contribution in [0.25, 0.3) is 0 Å². The van der Waals surface area contributed by atoms with E-state index in [0.717, 1.165) is 30.7 Å². The zero-order valence-corrected chi connectivity index (χ0v) is 12.8. The van der Waals surface area contributed by atoms with Crippen LogP contribution in [0.2, 0.25) is 0 Å². The second-order valence-electron chi connectivity index (χ2n) is 5.66. The number of rotatable bonds is 3. The molecule has 1 aliphatic rings. The molecular weight excluding hydrogens is 305 g/mol. The van der Waals surface area contributed by atoms with Gasteiger partial charge in [0.15, 0.2) is 0 Å². The molecule has 1 fully saturated rings. The summed E-state index contributed by atoms with van der Waals surface area (Å²) in [7, 11) is -8.47. The van der Waals surface area contributed by atoms with Gasteiger partial charge in [0.2, 0.25) is 10.0 Å². The Kier molecular flexibility index (Phi) is 3.68. The highest BCUT2D eigenvalue weighted by Gasteiger charge is 2.36. The summed E-state index contributed by atoms with van der Waals surface area (Å²) in [6.07, 6.45) is 0.767. The summed E-state index contributed by atoms with van der Waals surface area (Å²) in [5.41, 5.74) is -0.0741. The molecule has 0 amide bonds. The van der Waals surface area contributed by atoms with Crippen LogP contribution in [-0.4, -0.2) is 34.2 Å². The van der Waals surface area contributed by atoms with E-state index in [2.05, 4.69) is 0 Å². The molecule has 0 aromatic heterocycles. The maximum absolute atomic E-state index is 12.8. The molecule has 112 valence electrons. The Morgan fingerprint density at radius 3 is 1.95 bits per heavy atom. The van der Waals surface area contributed by atoms with Gasteiger partial charge in [-0.25, -0.2) is 8.42 Å². The lowest BCUT2D eigenvalue weighted by Crippen LogP contribution is -2.30. The Labute approximate surface area is 118 Å². The Morgan fingerprint density at radius 1 is 1.05 bits per heavy atom. The predicted octanol–water partition coefficient (Wildman–Crippen LogP) is 1.77. The molecule has 5 nitrogen and oxygen atoms in total. The molecule has 0 atom stereocenters. The van der Waals surface area contributed by atoms with E-state index >= 15 is 0 Å². The Bertz CT molecular complexity index is 708. The van der Waals surface area contributed by atoms with Gasteiger partial charge in [-0.15, -0.1) is 3.89 Å². The second-order valence-corrected chi connectivity index (χ2v) is 8.95. The van der Waals surface area contributed by atoms with Gasteiger partial charge < -0.3 is 0 Å². The molecule has 1 aromatic rings. The lowest BCUT2D eigenvalue weighted by atomic mass is 9.93. The first kappa shape index (κ1) is 15.4. The lowest BCUT2D eigenvalue weighted by molar-refractivity contribution is 0.375. The van der Waals surface area contributed by atoms with Gasteiger partial charge in [0, 0.05) is 13.1 Å². The first-order valence-electron chi connectivity index (χ1n) is 6.07. The second kappa shape index (κ2) is 4.78. The molecule has 0 unspecified atom stereocenters. The molecule has 0 radical (unpaired) electrons. The highest BCUT2D eigenvalue weighted by atomic mass is 32.3. The molecule has 0 bridgehead atoms. The van der Waals surface area contributed by atoms with Crippen molar-refractivity contribution in [3.63, 3.8) is 0 Å². The van der Waals surface area contributed by atoms with E-state index in [1.165, 1.54) is 4.31 Å². The SMILES string of the molecule is CC1(C)CCN(S(=O)(=O)c2ccc(S(=O)(=O)F)cc2)C1. The van der Waals surface area contributed by atoms with Crippen molar-refractivity contribution in [1.82, 2.24) is 4.31 Å². The summed E-state index contributed by atoms with van der Waals surface area (Å²) in [5.74, 6) is 0. The van der Waals surface area contributed by atoms with Crippen LogP contribution >= 0.6 is 0 Å². The molecule has 2 rings (SSSR count). The summed E-state index contributed by atoms with van der Waals surface area (Å²) < 4.78 is 60.3. The molecule has 1 aromatic carbocycles. The molecule has 20 heavy (non-hydrogen) atoms. The van der Waals surface area contributed by atoms with E-state index in [1.807, 2.05) is 13.8 Å². The summed E-state index contributed by atoms with van der Waals surface area (Å²) in [4.78, 5) is -0.569. The standard InChI is InChI=1S/C12H16FNO4S2/c1-12(2)7-8-14(9-12)20(17,18)11-5-3-10(4-6-11)19(13,15)16/h3-6H,7-9H2,1-2H3. The molecule has 0 spiro atoms. The van der Waals surface area contributed by atoms with Crippen LogP contribution in [0.3, 0.4) is 0 Å². The zero-order chi connectivity index (χ0) is 15.2. The third-order valence-electron chi connectivity index (χ3n) is 3.39. The Balaban J connectivity index is 2.32. The molecule has 1 heterocycles. The molecule has 8 heteroatoms. The van der Waals surface area contributed by atoms with Crippen molar-refractivity contribution in [2.24, 2.45) is 5.41 Å². The van der Waals surface area contributed by atoms with E-state index in [4.69, 9.17) is 0 Å². The topological polar surface area (TPSA) is 71.5 Å². The fraction of sp³-hybridized carbons (Fsp3) is 0.500. The number of halogens is 1. The van der Waals surface area contributed by atoms with Gasteiger partial charge in [-0.05, 0) is 36.1 Å². The van der Waals surface area contributed by atoms with Crippen molar-refractivity contribution in [1.29, 1.82) is 0 Å². The van der Waals surface area contributed by atoms with E-state index in [1.54, 1.807) is 0 Å². The van der Waals surface area contributed by atoms with Crippen LogP contribution in [0, 0.1) is 5.41 Å². The minimum Gasteiger partial charge on any atom is -0.207 e. The van der Waals surface area contributed by atoms with Gasteiger partial charge in [-0.2, -0.15) is 12.7 Å². The van der Waals surface area contributed by atoms with Crippen LogP contribution in [-0.2, 0) is 20.2 Å². The smallest absolute Gasteiger partial charge is 0.207 e. The van der Waals surface area contributed by atoms with Crippen molar-refractivity contribution in [2.45, 2.75) is 30.1 Å². The van der Waals surface area contributed by atoms with E-state index in [9.17, 15) is 20.7 Å². The lowest BCUT2D eigenvalue weighted by Gasteiger charge is -2.19. The van der Waals surface area contributed by atoms with Crippen molar-refractivity contribution >= 4 is 20.2 Å². The molecule has 1 aliphatic heterocycles. The minimum absolute atomic E-state index is 0.0254. The summed E-state index contributed by atoms with van der Waals surface area (Å²) in [6.45, 7) is 4.82. The fourth-order valence-electron chi connectivity index (χ4n) is 2.19. The van der Waals surface area contributed by atoms with Crippen LogP contribution in [0.1, 0.15) is 20.3 Å². The molecule has 0 saturated carbocycles. The van der Waals surface area contributed by atoms with Crippen molar-refractivity contribution in [3.05, 3.63) is 24.3 Å². The Morgan fingerprint density at radius 2 is 1.55 bits per heavy atom. The fourth-order valence-corrected chi connectivity index (χ4v) is 4.28. The highest BCUT2D eigenvalue weighted by molar-refractivity contribution is 7.89. The molecule has 0 aliphatic carbocycles. The van der Waals surface area contributed by atoms with Crippen molar-refractivity contribution < 1.29 is 20.7 Å². The first-order chi connectivity index (χ1) is 9.02. The van der Waals surface area contributed by atoms with E-state index in [0.29, 0.717) is 13.1 Å². The van der Waals surface area contributed by atoms with Gasteiger partial charge in [-0.3, -0.25) is 0 Å². The summed E-state index contributed by atoms with van der Waals surface area (Å²) >= 11 is 0. The van der Waals surface area contributed by atoms with Crippen LogP contribution in [0.15, 0.2) is 34.1 Å². The number of hydrogen-bond donors (Lipinski definition) is 0. The quantitative estimate of drug-likeness (QED) is 0.795. The maximum Gasteiger partial charge on any atom is 0.332 e. The molecule has 1 saturated heterocycles. The van der Waals surface area contributed by atoms with E-state index < -0.39 is 25.1 Å². The van der Waals surface area contributed by atoms with Crippen LogP contribution in [0.4, 0.5) is 3.89 Å². The number of nitrogens with zero attached hydrogens (tertiary/aromatic N) is 1. The van der Waals surface area contributed by atoms with Gasteiger partial charge in [0.05, 0.1) is 9.79 Å². The predicted molar refractivity (Wildman–Crippen MR) is 71.9 cm³/mol. The zero-order valence-electron chi connectivity index (χ0n) is 11.2. The third kappa shape index (κ3) is 3.02. The third-order valence-corrected chi connectivity index (χ3v) is 6.08. The maximum atomic E-state index is 12.8. The van der Waals surface area contributed by atoms with Crippen molar-refractivity contribution in [2.75, 3.05) is 13.1 Å². The minimum atomic E-state index is -4.81. The monoisotopic (exact) mass is 321 g/mol. The molecular formula is C12H16FNO4S2. The Hall–Kier alpha value is -0.990. The number of hydrogen-bond acceptors (Lipinski definition) is 4. The van der Waals surface area contributed by atoms with Crippen LogP contribution < -0.4 is 0 Å². The largest absolute Gasteiger partial charge is 0.332 e. The van der Waals surface area contributed by atoms with Crippen LogP contribution in [0.5, 0.6) is 0 Å².